The lowest BCUT2D eigenvalue weighted by molar-refractivity contribution is 0.242. The van der Waals surface area contributed by atoms with Gasteiger partial charge in [0.25, 0.3) is 0 Å². The molecule has 3 heteroatoms. The van der Waals surface area contributed by atoms with Crippen molar-refractivity contribution in [3.63, 3.8) is 0 Å². The first kappa shape index (κ1) is 14.1. The number of benzene rings is 1. The van der Waals surface area contributed by atoms with Gasteiger partial charge in [-0.05, 0) is 26.0 Å². The second-order valence-electron chi connectivity index (χ2n) is 2.96. The van der Waals surface area contributed by atoms with Crippen LogP contribution >= 0.6 is 11.6 Å². The van der Waals surface area contributed by atoms with Crippen LogP contribution < -0.4 is 9.47 Å². The van der Waals surface area contributed by atoms with E-state index in [4.69, 9.17) is 21.1 Å². The highest BCUT2D eigenvalue weighted by molar-refractivity contribution is 6.32. The van der Waals surface area contributed by atoms with Gasteiger partial charge in [0.15, 0.2) is 0 Å². The van der Waals surface area contributed by atoms with Crippen molar-refractivity contribution in [1.29, 1.82) is 0 Å². The summed E-state index contributed by atoms with van der Waals surface area (Å²) in [4.78, 5) is 0. The Kier molecular flexibility index (Phi) is 6.97. The molecule has 0 saturated carbocycles. The quantitative estimate of drug-likeness (QED) is 0.776. The maximum absolute atomic E-state index is 5.91. The number of hydrogen-bond donors (Lipinski definition) is 0. The molecule has 0 unspecified atom stereocenters. The molecule has 0 spiro atoms. The van der Waals surface area contributed by atoms with Crippen molar-refractivity contribution in [3.8, 4) is 11.5 Å². The molecule has 0 N–H and O–H groups in total. The first-order chi connectivity index (χ1) is 7.13. The average molecular weight is 231 g/mol. The SMILES string of the molecule is CC.COc1ccc(OC(C)C)cc1Cl. The molecule has 0 aliphatic rings. The number of methoxy groups -OCH3 is 1. The molecule has 0 amide bonds. The van der Waals surface area contributed by atoms with E-state index in [1.165, 1.54) is 0 Å². The van der Waals surface area contributed by atoms with Crippen molar-refractivity contribution in [2.75, 3.05) is 7.11 Å². The average Bonchev–Trinajstić information content (AvgIpc) is 2.20. The van der Waals surface area contributed by atoms with Crippen LogP contribution in [0.4, 0.5) is 0 Å². The molecule has 0 atom stereocenters. The lowest BCUT2D eigenvalue weighted by Crippen LogP contribution is -2.05. The van der Waals surface area contributed by atoms with E-state index in [1.54, 1.807) is 19.2 Å². The molecule has 0 aromatic heterocycles. The Labute approximate surface area is 97.2 Å². The van der Waals surface area contributed by atoms with Crippen LogP contribution in [0.3, 0.4) is 0 Å². The van der Waals surface area contributed by atoms with Gasteiger partial charge in [-0.2, -0.15) is 0 Å². The highest BCUT2D eigenvalue weighted by atomic mass is 35.5. The third-order valence-corrected chi connectivity index (χ3v) is 1.79. The molecule has 1 rings (SSSR count). The minimum absolute atomic E-state index is 0.157. The summed E-state index contributed by atoms with van der Waals surface area (Å²) in [6.45, 7) is 7.94. The molecule has 2 nitrogen and oxygen atoms in total. The van der Waals surface area contributed by atoms with Gasteiger partial charge in [-0.25, -0.2) is 0 Å². The zero-order valence-corrected chi connectivity index (χ0v) is 10.8. The zero-order valence-electron chi connectivity index (χ0n) is 10.0. The van der Waals surface area contributed by atoms with E-state index in [1.807, 2.05) is 33.8 Å². The van der Waals surface area contributed by atoms with Gasteiger partial charge in [0.2, 0.25) is 0 Å². The first-order valence-electron chi connectivity index (χ1n) is 5.13. The molecule has 0 fully saturated rings. The van der Waals surface area contributed by atoms with E-state index in [2.05, 4.69) is 0 Å². The Hall–Kier alpha value is -0.890. The molecule has 1 aromatic carbocycles. The van der Waals surface area contributed by atoms with Crippen LogP contribution in [0, 0.1) is 0 Å². The van der Waals surface area contributed by atoms with Gasteiger partial charge >= 0.3 is 0 Å². The number of rotatable bonds is 3. The Morgan fingerprint density at radius 2 is 1.80 bits per heavy atom. The van der Waals surface area contributed by atoms with Crippen LogP contribution in [-0.2, 0) is 0 Å². The summed E-state index contributed by atoms with van der Waals surface area (Å²) in [5.74, 6) is 1.43. The standard InChI is InChI=1S/C10H13ClO2.C2H6/c1-7(2)13-8-4-5-10(12-3)9(11)6-8;1-2/h4-7H,1-3H3;1-2H3. The molecule has 0 heterocycles. The molecular formula is C12H19ClO2. The Bertz CT molecular complexity index is 285. The molecule has 0 saturated heterocycles. The molecule has 1 aromatic rings. The minimum Gasteiger partial charge on any atom is -0.495 e. The van der Waals surface area contributed by atoms with Gasteiger partial charge in [0.05, 0.1) is 18.2 Å². The van der Waals surface area contributed by atoms with E-state index in [0.29, 0.717) is 10.8 Å². The minimum atomic E-state index is 0.157. The number of hydrogen-bond acceptors (Lipinski definition) is 2. The lowest BCUT2D eigenvalue weighted by Gasteiger charge is -2.10. The van der Waals surface area contributed by atoms with Crippen molar-refractivity contribution < 1.29 is 9.47 Å². The normalized spacial score (nSPS) is 9.27. The largest absolute Gasteiger partial charge is 0.495 e. The van der Waals surface area contributed by atoms with Crippen LogP contribution in [-0.4, -0.2) is 13.2 Å². The second-order valence-corrected chi connectivity index (χ2v) is 3.37. The van der Waals surface area contributed by atoms with Gasteiger partial charge < -0.3 is 9.47 Å². The summed E-state index contributed by atoms with van der Waals surface area (Å²) in [6, 6.07) is 5.38. The van der Waals surface area contributed by atoms with Gasteiger partial charge in [0, 0.05) is 6.07 Å². The summed E-state index contributed by atoms with van der Waals surface area (Å²) >= 11 is 5.91. The van der Waals surface area contributed by atoms with Crippen LogP contribution in [0.5, 0.6) is 11.5 Å². The smallest absolute Gasteiger partial charge is 0.137 e. The van der Waals surface area contributed by atoms with Crippen LogP contribution in [0.1, 0.15) is 27.7 Å². The highest BCUT2D eigenvalue weighted by Gasteiger charge is 2.03. The third-order valence-electron chi connectivity index (χ3n) is 1.50. The fraction of sp³-hybridized carbons (Fsp3) is 0.500. The summed E-state index contributed by atoms with van der Waals surface area (Å²) in [5, 5.41) is 0.570. The number of ether oxygens (including phenoxy) is 2. The lowest BCUT2D eigenvalue weighted by atomic mass is 10.3. The number of halogens is 1. The topological polar surface area (TPSA) is 18.5 Å². The molecule has 0 aliphatic heterocycles. The zero-order chi connectivity index (χ0) is 11.8. The van der Waals surface area contributed by atoms with E-state index in [0.717, 1.165) is 5.75 Å². The van der Waals surface area contributed by atoms with Crippen LogP contribution in [0.25, 0.3) is 0 Å². The Morgan fingerprint density at radius 3 is 2.20 bits per heavy atom. The van der Waals surface area contributed by atoms with Crippen LogP contribution in [0.15, 0.2) is 18.2 Å². The fourth-order valence-corrected chi connectivity index (χ4v) is 1.24. The molecule has 0 bridgehead atoms. The van der Waals surface area contributed by atoms with Crippen molar-refractivity contribution in [3.05, 3.63) is 23.2 Å². The predicted molar refractivity (Wildman–Crippen MR) is 65.1 cm³/mol. The van der Waals surface area contributed by atoms with Crippen molar-refractivity contribution in [1.82, 2.24) is 0 Å². The first-order valence-corrected chi connectivity index (χ1v) is 5.51. The summed E-state index contributed by atoms with van der Waals surface area (Å²) in [6.07, 6.45) is 0.157. The van der Waals surface area contributed by atoms with E-state index >= 15 is 0 Å². The van der Waals surface area contributed by atoms with Crippen molar-refractivity contribution >= 4 is 11.6 Å². The van der Waals surface area contributed by atoms with Crippen molar-refractivity contribution in [2.45, 2.75) is 33.8 Å². The Balaban J connectivity index is 0.000000921. The van der Waals surface area contributed by atoms with Gasteiger partial charge in [-0.15, -0.1) is 0 Å². The molecule has 0 aliphatic carbocycles. The molecule has 15 heavy (non-hydrogen) atoms. The Morgan fingerprint density at radius 1 is 1.20 bits per heavy atom. The van der Waals surface area contributed by atoms with E-state index < -0.39 is 0 Å². The molecule has 0 radical (unpaired) electrons. The highest BCUT2D eigenvalue weighted by Crippen LogP contribution is 2.28. The predicted octanol–water partition coefficient (Wildman–Crippen LogP) is 4.16. The second kappa shape index (κ2) is 7.41. The van der Waals surface area contributed by atoms with Gasteiger partial charge in [-0.3, -0.25) is 0 Å². The summed E-state index contributed by atoms with van der Waals surface area (Å²) in [5.41, 5.74) is 0. The summed E-state index contributed by atoms with van der Waals surface area (Å²) < 4.78 is 10.5. The maximum atomic E-state index is 5.91. The molecular weight excluding hydrogens is 212 g/mol. The van der Waals surface area contributed by atoms with E-state index in [-0.39, 0.29) is 6.10 Å². The fourth-order valence-electron chi connectivity index (χ4n) is 0.993. The van der Waals surface area contributed by atoms with Crippen molar-refractivity contribution in [2.24, 2.45) is 0 Å². The third kappa shape index (κ3) is 4.93. The van der Waals surface area contributed by atoms with Crippen LogP contribution in [0.2, 0.25) is 5.02 Å². The van der Waals surface area contributed by atoms with Gasteiger partial charge in [0.1, 0.15) is 11.5 Å². The van der Waals surface area contributed by atoms with Gasteiger partial charge in [-0.1, -0.05) is 25.4 Å². The maximum Gasteiger partial charge on any atom is 0.137 e. The molecule has 86 valence electrons. The monoisotopic (exact) mass is 230 g/mol. The van der Waals surface area contributed by atoms with E-state index in [9.17, 15) is 0 Å². The summed E-state index contributed by atoms with van der Waals surface area (Å²) in [7, 11) is 1.59.